The molecule has 0 aliphatic carbocycles. The molecule has 0 saturated heterocycles. The van der Waals surface area contributed by atoms with Gasteiger partial charge in [0.2, 0.25) is 0 Å². The molecular weight excluding hydrogens is 155 g/mol. The molecule has 48 valence electrons. The molecule has 3 N–H and O–H groups in total. The Balaban J connectivity index is 0. The summed E-state index contributed by atoms with van der Waals surface area (Å²) in [5.41, 5.74) is 0. The SMILES string of the molecule is OCC(O)C(O)P.[CaH2]. The number of hydrogen-bond donors (Lipinski definition) is 3. The average molecular weight is 166 g/mol. The third-order valence-corrected chi connectivity index (χ3v) is 1.03. The van der Waals surface area contributed by atoms with Crippen LogP contribution in [0.4, 0.5) is 0 Å². The summed E-state index contributed by atoms with van der Waals surface area (Å²) in [5.74, 6) is -0.912. The molecule has 0 saturated carbocycles. The van der Waals surface area contributed by atoms with Crippen LogP contribution in [0, 0.1) is 0 Å². The molecule has 0 heterocycles. The molecule has 3 unspecified atom stereocenters. The van der Waals surface area contributed by atoms with E-state index in [1.807, 2.05) is 9.24 Å². The zero-order valence-electron chi connectivity index (χ0n) is 3.78. The van der Waals surface area contributed by atoms with Gasteiger partial charge in [-0.1, -0.05) is 0 Å². The molecule has 3 nitrogen and oxygen atoms in total. The Morgan fingerprint density at radius 3 is 1.75 bits per heavy atom. The summed E-state index contributed by atoms with van der Waals surface area (Å²) >= 11 is 0. The van der Waals surface area contributed by atoms with Gasteiger partial charge in [-0.2, -0.15) is 0 Å². The maximum absolute atomic E-state index is 8.41. The van der Waals surface area contributed by atoms with Crippen molar-refractivity contribution in [1.82, 2.24) is 0 Å². The normalized spacial score (nSPS) is 16.5. The molecule has 5 heteroatoms. The molecule has 0 fully saturated rings. The van der Waals surface area contributed by atoms with E-state index in [4.69, 9.17) is 15.3 Å². The van der Waals surface area contributed by atoms with Crippen molar-refractivity contribution in [3.05, 3.63) is 0 Å². The fraction of sp³-hybridized carbons (Fsp3) is 1.00. The topological polar surface area (TPSA) is 60.7 Å². The van der Waals surface area contributed by atoms with E-state index >= 15 is 0 Å². The molecule has 0 aromatic carbocycles. The maximum atomic E-state index is 8.41. The molecule has 0 aliphatic heterocycles. The van der Waals surface area contributed by atoms with Gasteiger partial charge in [0.05, 0.1) is 12.5 Å². The van der Waals surface area contributed by atoms with Crippen LogP contribution in [-0.4, -0.2) is 71.6 Å². The predicted octanol–water partition coefficient (Wildman–Crippen LogP) is -2.38. The molecule has 3 atom stereocenters. The van der Waals surface area contributed by atoms with E-state index in [0.29, 0.717) is 0 Å². The average Bonchev–Trinajstić information content (AvgIpc) is 1.65. The Kier molecular flexibility index (Phi) is 10.3. The first kappa shape index (κ1) is 12.3. The second kappa shape index (κ2) is 6.69. The minimum absolute atomic E-state index is 0. The Morgan fingerprint density at radius 2 is 1.75 bits per heavy atom. The minimum atomic E-state index is -1.02. The van der Waals surface area contributed by atoms with E-state index < -0.39 is 18.6 Å². The van der Waals surface area contributed by atoms with Gasteiger partial charge in [-0.3, -0.25) is 0 Å². The Hall–Kier alpha value is 1.57. The van der Waals surface area contributed by atoms with Gasteiger partial charge in [-0.25, -0.2) is 0 Å². The van der Waals surface area contributed by atoms with Crippen molar-refractivity contribution < 1.29 is 15.3 Å². The summed E-state index contributed by atoms with van der Waals surface area (Å²) in [4.78, 5) is 0. The standard InChI is InChI=1S/C3H9O3P.Ca.2H/c4-1-2(5)3(6)7;;;/h2-6H,1,7H2;;;. The fourth-order valence-electron chi connectivity index (χ4n) is 0.108. The van der Waals surface area contributed by atoms with Crippen LogP contribution in [0.25, 0.3) is 0 Å². The van der Waals surface area contributed by atoms with Crippen molar-refractivity contribution in [1.29, 1.82) is 0 Å². The van der Waals surface area contributed by atoms with E-state index in [0.717, 1.165) is 0 Å². The fourth-order valence-corrected chi connectivity index (χ4v) is 0.230. The molecule has 0 aliphatic rings. The van der Waals surface area contributed by atoms with Crippen LogP contribution < -0.4 is 0 Å². The summed E-state index contributed by atoms with van der Waals surface area (Å²) in [6, 6.07) is 0. The molecular formula is C3H11CaO3P. The third-order valence-electron chi connectivity index (χ3n) is 0.581. The van der Waals surface area contributed by atoms with Crippen LogP contribution >= 0.6 is 9.24 Å². The van der Waals surface area contributed by atoms with E-state index in [-0.39, 0.29) is 37.7 Å². The van der Waals surface area contributed by atoms with Gasteiger partial charge in [-0.15, -0.1) is 9.24 Å². The Bertz CT molecular complexity index is 51.8. The van der Waals surface area contributed by atoms with Crippen LogP contribution in [-0.2, 0) is 0 Å². The molecule has 0 bridgehead atoms. The summed E-state index contributed by atoms with van der Waals surface area (Å²) in [6.07, 6.45) is -1.02. The number of hydrogen-bond acceptors (Lipinski definition) is 3. The second-order valence-electron chi connectivity index (χ2n) is 1.24. The van der Waals surface area contributed by atoms with Crippen molar-refractivity contribution in [2.75, 3.05) is 6.61 Å². The molecule has 8 heavy (non-hydrogen) atoms. The number of aliphatic hydroxyl groups excluding tert-OH is 3. The van der Waals surface area contributed by atoms with Gasteiger partial charge < -0.3 is 15.3 Å². The monoisotopic (exact) mass is 166 g/mol. The van der Waals surface area contributed by atoms with Gasteiger partial charge in [0.25, 0.3) is 0 Å². The van der Waals surface area contributed by atoms with Crippen molar-refractivity contribution in [2.24, 2.45) is 0 Å². The first-order valence-corrected chi connectivity index (χ1v) is 2.57. The van der Waals surface area contributed by atoms with Gasteiger partial charge in [0, 0.05) is 0 Å². The zero-order valence-corrected chi connectivity index (χ0v) is 4.94. The Morgan fingerprint density at radius 1 is 1.38 bits per heavy atom. The van der Waals surface area contributed by atoms with Gasteiger partial charge in [0.1, 0.15) is 6.10 Å². The van der Waals surface area contributed by atoms with Crippen molar-refractivity contribution >= 4 is 47.0 Å². The molecule has 0 radical (unpaired) electrons. The summed E-state index contributed by atoms with van der Waals surface area (Å²) in [7, 11) is 1.96. The van der Waals surface area contributed by atoms with E-state index in [9.17, 15) is 0 Å². The van der Waals surface area contributed by atoms with Gasteiger partial charge >= 0.3 is 37.7 Å². The van der Waals surface area contributed by atoms with Crippen LogP contribution in [0.3, 0.4) is 0 Å². The van der Waals surface area contributed by atoms with Crippen molar-refractivity contribution in [3.63, 3.8) is 0 Å². The van der Waals surface area contributed by atoms with Gasteiger partial charge in [-0.05, 0) is 0 Å². The number of aliphatic hydroxyl groups is 3. The Labute approximate surface area is 80.3 Å². The second-order valence-corrected chi connectivity index (χ2v) is 1.92. The molecule has 0 amide bonds. The summed E-state index contributed by atoms with van der Waals surface area (Å²) in [5, 5.41) is 24.9. The summed E-state index contributed by atoms with van der Waals surface area (Å²) in [6.45, 7) is -0.398. The van der Waals surface area contributed by atoms with Gasteiger partial charge in [0.15, 0.2) is 0 Å². The van der Waals surface area contributed by atoms with Crippen LogP contribution in [0.15, 0.2) is 0 Å². The van der Waals surface area contributed by atoms with Crippen LogP contribution in [0.2, 0.25) is 0 Å². The summed E-state index contributed by atoms with van der Waals surface area (Å²) < 4.78 is 0. The van der Waals surface area contributed by atoms with E-state index in [1.54, 1.807) is 0 Å². The third kappa shape index (κ3) is 5.70. The molecule has 0 aromatic heterocycles. The molecule has 0 spiro atoms. The van der Waals surface area contributed by atoms with Crippen molar-refractivity contribution in [3.8, 4) is 0 Å². The first-order valence-electron chi connectivity index (χ1n) is 1.91. The van der Waals surface area contributed by atoms with E-state index in [1.165, 1.54) is 0 Å². The molecule has 0 aromatic rings. The number of rotatable bonds is 2. The van der Waals surface area contributed by atoms with E-state index in [2.05, 4.69) is 0 Å². The zero-order chi connectivity index (χ0) is 5.86. The quantitative estimate of drug-likeness (QED) is 0.317. The molecule has 0 rings (SSSR count). The van der Waals surface area contributed by atoms with Crippen molar-refractivity contribution in [2.45, 2.75) is 11.9 Å². The predicted molar refractivity (Wildman–Crippen MR) is 37.4 cm³/mol. The van der Waals surface area contributed by atoms with Crippen LogP contribution in [0.1, 0.15) is 0 Å². The first-order chi connectivity index (χ1) is 3.18. The van der Waals surface area contributed by atoms with Crippen LogP contribution in [0.5, 0.6) is 0 Å².